The Balaban J connectivity index is 1.39. The predicted octanol–water partition coefficient (Wildman–Crippen LogP) is 3.30. The minimum Gasteiger partial charge on any atom is -0.388 e. The largest absolute Gasteiger partial charge is 0.388 e. The van der Waals surface area contributed by atoms with Crippen LogP contribution in [0.2, 0.25) is 0 Å². The van der Waals surface area contributed by atoms with Gasteiger partial charge in [0.25, 0.3) is 5.91 Å². The smallest absolute Gasteiger partial charge is 0.276 e. The zero-order valence-electron chi connectivity index (χ0n) is 16.2. The van der Waals surface area contributed by atoms with Crippen LogP contribution in [0.1, 0.15) is 40.6 Å². The lowest BCUT2D eigenvalue weighted by Crippen LogP contribution is -2.40. The first-order valence-corrected chi connectivity index (χ1v) is 9.74. The number of para-hydroxylation sites is 1. The molecule has 0 bridgehead atoms. The number of piperidine rings is 1. The van der Waals surface area contributed by atoms with Crippen LogP contribution < -0.4 is 0 Å². The number of aliphatic hydroxyl groups is 1. The Bertz CT molecular complexity index is 994. The van der Waals surface area contributed by atoms with Gasteiger partial charge in [-0.3, -0.25) is 4.79 Å². The number of carbonyl (C=O) groups excluding carboxylic acids is 1. The Labute approximate surface area is 168 Å². The highest BCUT2D eigenvalue weighted by atomic mass is 19.1. The van der Waals surface area contributed by atoms with E-state index < -0.39 is 6.10 Å². The van der Waals surface area contributed by atoms with E-state index in [-0.39, 0.29) is 17.6 Å². The summed E-state index contributed by atoms with van der Waals surface area (Å²) in [6, 6.07) is 13.7. The van der Waals surface area contributed by atoms with Crippen molar-refractivity contribution in [2.24, 2.45) is 5.92 Å². The van der Waals surface area contributed by atoms with E-state index in [1.807, 2.05) is 31.2 Å². The number of carbonyl (C=O) groups is 1. The Morgan fingerprint density at radius 3 is 2.52 bits per heavy atom. The summed E-state index contributed by atoms with van der Waals surface area (Å²) in [6.45, 7) is 3.06. The van der Waals surface area contributed by atoms with Crippen LogP contribution in [-0.4, -0.2) is 44.0 Å². The van der Waals surface area contributed by atoms with Gasteiger partial charge in [-0.15, -0.1) is 5.10 Å². The van der Waals surface area contributed by atoms with E-state index in [1.165, 1.54) is 12.1 Å². The minimum atomic E-state index is -0.658. The van der Waals surface area contributed by atoms with Gasteiger partial charge < -0.3 is 10.0 Å². The summed E-state index contributed by atoms with van der Waals surface area (Å²) in [5.74, 6) is -0.438. The van der Waals surface area contributed by atoms with Crippen molar-refractivity contribution >= 4 is 5.91 Å². The van der Waals surface area contributed by atoms with E-state index in [1.54, 1.807) is 27.9 Å². The lowest BCUT2D eigenvalue weighted by molar-refractivity contribution is 0.0458. The number of rotatable bonds is 4. The van der Waals surface area contributed by atoms with Crippen LogP contribution in [0.3, 0.4) is 0 Å². The average Bonchev–Trinajstić information content (AvgIpc) is 3.24. The number of aliphatic hydroxyl groups excluding tert-OH is 1. The molecule has 3 aromatic rings. The summed E-state index contributed by atoms with van der Waals surface area (Å²) < 4.78 is 14.7. The molecule has 1 amide bonds. The molecule has 7 heteroatoms. The SMILES string of the molecule is Cc1ccccc1-n1cc(C(=O)N2CCC(C(O)c3ccc(F)cc3)CC2)nn1. The van der Waals surface area contributed by atoms with E-state index in [0.717, 1.165) is 11.3 Å². The predicted molar refractivity (Wildman–Crippen MR) is 106 cm³/mol. The Kier molecular flexibility index (Phi) is 5.40. The number of aryl methyl sites for hydroxylation is 1. The molecule has 4 rings (SSSR count). The molecule has 1 N–H and O–H groups in total. The lowest BCUT2D eigenvalue weighted by atomic mass is 9.87. The van der Waals surface area contributed by atoms with Gasteiger partial charge in [0, 0.05) is 13.1 Å². The minimum absolute atomic E-state index is 0.0344. The van der Waals surface area contributed by atoms with Crippen molar-refractivity contribution in [3.05, 3.63) is 77.4 Å². The molecule has 0 radical (unpaired) electrons. The van der Waals surface area contributed by atoms with Crippen LogP contribution in [0.5, 0.6) is 0 Å². The van der Waals surface area contributed by atoms with E-state index in [9.17, 15) is 14.3 Å². The first-order valence-electron chi connectivity index (χ1n) is 9.74. The zero-order valence-corrected chi connectivity index (χ0v) is 16.2. The molecule has 1 atom stereocenters. The topological polar surface area (TPSA) is 71.2 Å². The Morgan fingerprint density at radius 2 is 1.83 bits per heavy atom. The van der Waals surface area contributed by atoms with E-state index in [2.05, 4.69) is 10.3 Å². The molecule has 1 aliphatic heterocycles. The van der Waals surface area contributed by atoms with Crippen LogP contribution in [-0.2, 0) is 0 Å². The second-order valence-electron chi connectivity index (χ2n) is 7.46. The van der Waals surface area contributed by atoms with Crippen molar-refractivity contribution in [2.75, 3.05) is 13.1 Å². The van der Waals surface area contributed by atoms with Crippen molar-refractivity contribution in [1.82, 2.24) is 19.9 Å². The van der Waals surface area contributed by atoms with Crippen LogP contribution in [0.15, 0.2) is 54.7 Å². The van der Waals surface area contributed by atoms with Crippen molar-refractivity contribution in [3.8, 4) is 5.69 Å². The van der Waals surface area contributed by atoms with Crippen molar-refractivity contribution in [1.29, 1.82) is 0 Å². The van der Waals surface area contributed by atoms with Gasteiger partial charge in [0.1, 0.15) is 5.82 Å². The monoisotopic (exact) mass is 394 g/mol. The third-order valence-electron chi connectivity index (χ3n) is 5.56. The number of likely N-dealkylation sites (tertiary alicyclic amines) is 1. The highest BCUT2D eigenvalue weighted by Gasteiger charge is 2.29. The molecule has 0 aliphatic carbocycles. The van der Waals surface area contributed by atoms with Gasteiger partial charge in [0.2, 0.25) is 0 Å². The molecule has 6 nitrogen and oxygen atoms in total. The highest BCUT2D eigenvalue weighted by Crippen LogP contribution is 2.31. The summed E-state index contributed by atoms with van der Waals surface area (Å²) in [5, 5.41) is 18.7. The second-order valence-corrected chi connectivity index (χ2v) is 7.46. The van der Waals surface area contributed by atoms with Gasteiger partial charge in [0.05, 0.1) is 18.0 Å². The number of benzene rings is 2. The van der Waals surface area contributed by atoms with Crippen molar-refractivity contribution < 1.29 is 14.3 Å². The van der Waals surface area contributed by atoms with Gasteiger partial charge in [-0.2, -0.15) is 0 Å². The fourth-order valence-corrected chi connectivity index (χ4v) is 3.81. The Morgan fingerprint density at radius 1 is 1.14 bits per heavy atom. The van der Waals surface area contributed by atoms with Crippen molar-refractivity contribution in [3.63, 3.8) is 0 Å². The summed E-state index contributed by atoms with van der Waals surface area (Å²) in [4.78, 5) is 14.6. The van der Waals surface area contributed by atoms with Crippen molar-refractivity contribution in [2.45, 2.75) is 25.9 Å². The van der Waals surface area contributed by atoms with Crippen LogP contribution in [0.4, 0.5) is 4.39 Å². The summed E-state index contributed by atoms with van der Waals surface area (Å²) in [7, 11) is 0. The lowest BCUT2D eigenvalue weighted by Gasteiger charge is -2.34. The van der Waals surface area contributed by atoms with E-state index >= 15 is 0 Å². The Hall–Kier alpha value is -3.06. The molecule has 1 saturated heterocycles. The van der Waals surface area contributed by atoms with Crippen LogP contribution >= 0.6 is 0 Å². The summed E-state index contributed by atoms with van der Waals surface area (Å²) >= 11 is 0. The fourth-order valence-electron chi connectivity index (χ4n) is 3.81. The van der Waals surface area contributed by atoms with Gasteiger partial charge in [-0.1, -0.05) is 35.5 Å². The van der Waals surface area contributed by atoms with Gasteiger partial charge in [-0.05, 0) is 55.0 Å². The molecule has 1 fully saturated rings. The van der Waals surface area contributed by atoms with Crippen LogP contribution in [0, 0.1) is 18.7 Å². The maximum Gasteiger partial charge on any atom is 0.276 e. The zero-order chi connectivity index (χ0) is 20.4. The average molecular weight is 394 g/mol. The van der Waals surface area contributed by atoms with Gasteiger partial charge in [-0.25, -0.2) is 9.07 Å². The van der Waals surface area contributed by atoms with E-state index in [4.69, 9.17) is 0 Å². The molecule has 150 valence electrons. The first kappa shape index (κ1) is 19.3. The number of amides is 1. The van der Waals surface area contributed by atoms with Crippen LogP contribution in [0.25, 0.3) is 5.69 Å². The maximum absolute atomic E-state index is 13.1. The third-order valence-corrected chi connectivity index (χ3v) is 5.56. The number of hydrogen-bond donors (Lipinski definition) is 1. The van der Waals surface area contributed by atoms with Gasteiger partial charge >= 0.3 is 0 Å². The van der Waals surface area contributed by atoms with E-state index in [0.29, 0.717) is 37.2 Å². The summed E-state index contributed by atoms with van der Waals surface area (Å²) in [5.41, 5.74) is 2.95. The molecule has 1 aromatic heterocycles. The number of halogens is 1. The first-order chi connectivity index (χ1) is 14.0. The molecule has 0 saturated carbocycles. The number of nitrogens with zero attached hydrogens (tertiary/aromatic N) is 4. The second kappa shape index (κ2) is 8.13. The molecule has 1 aliphatic rings. The third kappa shape index (κ3) is 4.05. The highest BCUT2D eigenvalue weighted by molar-refractivity contribution is 5.92. The molecule has 29 heavy (non-hydrogen) atoms. The molecule has 0 spiro atoms. The molecule has 1 unspecified atom stereocenters. The number of aromatic nitrogens is 3. The molecule has 2 aromatic carbocycles. The molecule has 2 heterocycles. The maximum atomic E-state index is 13.1. The molecular weight excluding hydrogens is 371 g/mol. The normalized spacial score (nSPS) is 16.0. The number of hydrogen-bond acceptors (Lipinski definition) is 4. The summed E-state index contributed by atoms with van der Waals surface area (Å²) in [6.07, 6.45) is 2.35. The standard InChI is InChI=1S/C22H23FN4O2/c1-15-4-2-3-5-20(15)27-14-19(24-25-27)22(29)26-12-10-17(11-13-26)21(28)16-6-8-18(23)9-7-16/h2-9,14,17,21,28H,10-13H2,1H3. The quantitative estimate of drug-likeness (QED) is 0.737. The fraction of sp³-hybridized carbons (Fsp3) is 0.318. The molecular formula is C22H23FN4O2. The van der Waals surface area contributed by atoms with Gasteiger partial charge in [0.15, 0.2) is 5.69 Å².